The lowest BCUT2D eigenvalue weighted by molar-refractivity contribution is -0.138. The van der Waals surface area contributed by atoms with Crippen LogP contribution in [0.15, 0.2) is 48.5 Å². The fourth-order valence-corrected chi connectivity index (χ4v) is 2.48. The van der Waals surface area contributed by atoms with Crippen molar-refractivity contribution < 1.29 is 22.7 Å². The summed E-state index contributed by atoms with van der Waals surface area (Å²) in [7, 11) is 0. The molecule has 6 heteroatoms. The summed E-state index contributed by atoms with van der Waals surface area (Å²) < 4.78 is 42.7. The molecule has 0 saturated carbocycles. The predicted octanol–water partition coefficient (Wildman–Crippen LogP) is 3.60. The topological polar surface area (TPSA) is 38.3 Å². The molecular weight excluding hydrogens is 295 g/mol. The Morgan fingerprint density at radius 1 is 1.00 bits per heavy atom. The van der Waals surface area contributed by atoms with Gasteiger partial charge in [0.05, 0.1) is 5.92 Å². The SMILES string of the molecule is O=C(NCC(F)(F)F)C1c2ccccc2Oc2ccccc21. The fraction of sp³-hybridized carbons (Fsp3) is 0.188. The molecule has 0 aliphatic carbocycles. The molecule has 3 rings (SSSR count). The van der Waals surface area contributed by atoms with Gasteiger partial charge in [0.15, 0.2) is 0 Å². The third-order valence-corrected chi connectivity index (χ3v) is 3.41. The Morgan fingerprint density at radius 2 is 1.50 bits per heavy atom. The van der Waals surface area contributed by atoms with Gasteiger partial charge < -0.3 is 10.1 Å². The van der Waals surface area contributed by atoms with Crippen LogP contribution in [0.4, 0.5) is 13.2 Å². The van der Waals surface area contributed by atoms with E-state index in [9.17, 15) is 18.0 Å². The minimum Gasteiger partial charge on any atom is -0.457 e. The number of halogens is 3. The molecule has 0 radical (unpaired) electrons. The van der Waals surface area contributed by atoms with Crippen LogP contribution in [0.2, 0.25) is 0 Å². The number of para-hydroxylation sites is 2. The number of hydrogen-bond acceptors (Lipinski definition) is 2. The van der Waals surface area contributed by atoms with Crippen molar-refractivity contribution >= 4 is 5.91 Å². The summed E-state index contributed by atoms with van der Waals surface area (Å²) in [6.45, 7) is -1.35. The summed E-state index contributed by atoms with van der Waals surface area (Å²) >= 11 is 0. The first kappa shape index (κ1) is 14.4. The highest BCUT2D eigenvalue weighted by Gasteiger charge is 2.35. The molecule has 0 unspecified atom stereocenters. The maximum absolute atomic E-state index is 12.3. The van der Waals surface area contributed by atoms with Gasteiger partial charge in [-0.25, -0.2) is 0 Å². The van der Waals surface area contributed by atoms with Gasteiger partial charge in [0.25, 0.3) is 0 Å². The van der Waals surface area contributed by atoms with E-state index >= 15 is 0 Å². The second-order valence-corrected chi connectivity index (χ2v) is 4.94. The van der Waals surface area contributed by atoms with E-state index in [2.05, 4.69) is 0 Å². The molecule has 22 heavy (non-hydrogen) atoms. The van der Waals surface area contributed by atoms with Crippen LogP contribution >= 0.6 is 0 Å². The number of hydrogen-bond donors (Lipinski definition) is 1. The number of fused-ring (bicyclic) bond motifs is 2. The highest BCUT2D eigenvalue weighted by molar-refractivity contribution is 5.89. The Balaban J connectivity index is 1.98. The van der Waals surface area contributed by atoms with E-state index in [4.69, 9.17) is 4.74 Å². The molecule has 1 aliphatic heterocycles. The zero-order chi connectivity index (χ0) is 15.7. The van der Waals surface area contributed by atoms with Crippen LogP contribution in [0.1, 0.15) is 17.0 Å². The first-order chi connectivity index (χ1) is 10.5. The van der Waals surface area contributed by atoms with Crippen LogP contribution in [0.25, 0.3) is 0 Å². The molecular formula is C16H12F3NO2. The number of rotatable bonds is 2. The Morgan fingerprint density at radius 3 is 2.00 bits per heavy atom. The van der Waals surface area contributed by atoms with Crippen molar-refractivity contribution in [1.29, 1.82) is 0 Å². The van der Waals surface area contributed by atoms with E-state index < -0.39 is 24.5 Å². The second-order valence-electron chi connectivity index (χ2n) is 4.94. The van der Waals surface area contributed by atoms with Gasteiger partial charge in [-0.05, 0) is 12.1 Å². The Labute approximate surface area is 124 Å². The predicted molar refractivity (Wildman–Crippen MR) is 73.9 cm³/mol. The maximum atomic E-state index is 12.3. The minimum atomic E-state index is -4.44. The molecule has 3 nitrogen and oxygen atoms in total. The van der Waals surface area contributed by atoms with Gasteiger partial charge in [-0.3, -0.25) is 4.79 Å². The summed E-state index contributed by atoms with van der Waals surface area (Å²) in [5.41, 5.74) is 1.11. The summed E-state index contributed by atoms with van der Waals surface area (Å²) in [6.07, 6.45) is -4.44. The molecule has 1 heterocycles. The molecule has 0 fully saturated rings. The Hall–Kier alpha value is -2.50. The van der Waals surface area contributed by atoms with Crippen LogP contribution in [0, 0.1) is 0 Å². The molecule has 114 valence electrons. The van der Waals surface area contributed by atoms with Crippen LogP contribution in [-0.2, 0) is 4.79 Å². The van der Waals surface area contributed by atoms with Gasteiger partial charge in [0.1, 0.15) is 18.0 Å². The monoisotopic (exact) mass is 307 g/mol. The van der Waals surface area contributed by atoms with E-state index in [0.717, 1.165) is 0 Å². The average molecular weight is 307 g/mol. The molecule has 0 aromatic heterocycles. The van der Waals surface area contributed by atoms with E-state index in [1.807, 2.05) is 5.32 Å². The third kappa shape index (κ3) is 2.77. The molecule has 2 aromatic rings. The zero-order valence-corrected chi connectivity index (χ0v) is 11.4. The van der Waals surface area contributed by atoms with Crippen molar-refractivity contribution in [2.24, 2.45) is 0 Å². The number of benzene rings is 2. The number of alkyl halides is 3. The molecule has 0 saturated heterocycles. The zero-order valence-electron chi connectivity index (χ0n) is 11.4. The van der Waals surface area contributed by atoms with Gasteiger partial charge in [0.2, 0.25) is 5.91 Å². The van der Waals surface area contributed by atoms with E-state index in [-0.39, 0.29) is 0 Å². The highest BCUT2D eigenvalue weighted by Crippen LogP contribution is 2.43. The summed E-state index contributed by atoms with van der Waals surface area (Å²) in [5, 5.41) is 1.95. The smallest absolute Gasteiger partial charge is 0.405 e. The normalized spacial score (nSPS) is 13.8. The Bertz CT molecular complexity index is 667. The van der Waals surface area contributed by atoms with E-state index in [1.54, 1.807) is 48.5 Å². The number of nitrogens with one attached hydrogen (secondary N) is 1. The first-order valence-corrected chi connectivity index (χ1v) is 6.66. The van der Waals surface area contributed by atoms with Crippen molar-refractivity contribution in [3.05, 3.63) is 59.7 Å². The fourth-order valence-electron chi connectivity index (χ4n) is 2.48. The van der Waals surface area contributed by atoms with Crippen molar-refractivity contribution in [3.8, 4) is 11.5 Å². The number of carbonyl (C=O) groups excluding carboxylic acids is 1. The quantitative estimate of drug-likeness (QED) is 0.920. The minimum absolute atomic E-state index is 0.480. The standard InChI is InChI=1S/C16H12F3NO2/c17-16(18,19)9-20-15(21)14-10-5-1-3-7-12(10)22-13-8-4-2-6-11(13)14/h1-8,14H,9H2,(H,20,21). The lowest BCUT2D eigenvalue weighted by atomic mass is 9.87. The van der Waals surface area contributed by atoms with Crippen LogP contribution in [-0.4, -0.2) is 18.6 Å². The van der Waals surface area contributed by atoms with Crippen molar-refractivity contribution in [2.75, 3.05) is 6.54 Å². The molecule has 1 aliphatic rings. The summed E-state index contributed by atoms with van der Waals surface area (Å²) in [4.78, 5) is 12.3. The summed E-state index contributed by atoms with van der Waals surface area (Å²) in [6, 6.07) is 13.7. The maximum Gasteiger partial charge on any atom is 0.405 e. The van der Waals surface area contributed by atoms with Crippen molar-refractivity contribution in [3.63, 3.8) is 0 Å². The largest absolute Gasteiger partial charge is 0.457 e. The molecule has 0 bridgehead atoms. The van der Waals surface area contributed by atoms with Crippen molar-refractivity contribution in [2.45, 2.75) is 12.1 Å². The molecule has 2 aromatic carbocycles. The number of ether oxygens (including phenoxy) is 1. The van der Waals surface area contributed by atoms with E-state index in [1.165, 1.54) is 0 Å². The van der Waals surface area contributed by atoms with Gasteiger partial charge in [-0.15, -0.1) is 0 Å². The van der Waals surface area contributed by atoms with E-state index in [0.29, 0.717) is 22.6 Å². The van der Waals surface area contributed by atoms with Crippen molar-refractivity contribution in [1.82, 2.24) is 5.32 Å². The van der Waals surface area contributed by atoms with Gasteiger partial charge >= 0.3 is 6.18 Å². The van der Waals surface area contributed by atoms with Gasteiger partial charge in [-0.1, -0.05) is 36.4 Å². The van der Waals surface area contributed by atoms with Gasteiger partial charge in [0, 0.05) is 11.1 Å². The lowest BCUT2D eigenvalue weighted by Crippen LogP contribution is -2.37. The molecule has 1 amide bonds. The average Bonchev–Trinajstić information content (AvgIpc) is 2.49. The Kier molecular flexibility index (Phi) is 3.52. The number of carbonyl (C=O) groups is 1. The molecule has 1 N–H and O–H groups in total. The van der Waals surface area contributed by atoms with Crippen LogP contribution < -0.4 is 10.1 Å². The molecule has 0 spiro atoms. The molecule has 0 atom stereocenters. The van der Waals surface area contributed by atoms with Crippen LogP contribution in [0.5, 0.6) is 11.5 Å². The number of amides is 1. The third-order valence-electron chi connectivity index (χ3n) is 3.41. The first-order valence-electron chi connectivity index (χ1n) is 6.66. The van der Waals surface area contributed by atoms with Gasteiger partial charge in [-0.2, -0.15) is 13.2 Å². The lowest BCUT2D eigenvalue weighted by Gasteiger charge is -2.27. The highest BCUT2D eigenvalue weighted by atomic mass is 19.4. The second kappa shape index (κ2) is 5.36. The van der Waals surface area contributed by atoms with Crippen LogP contribution in [0.3, 0.4) is 0 Å². The summed E-state index contributed by atoms with van der Waals surface area (Å²) in [5.74, 6) is -0.550.